The van der Waals surface area contributed by atoms with Gasteiger partial charge in [0.15, 0.2) is 0 Å². The summed E-state index contributed by atoms with van der Waals surface area (Å²) in [7, 11) is 0. The highest BCUT2D eigenvalue weighted by Crippen LogP contribution is 1.77. The van der Waals surface area contributed by atoms with Gasteiger partial charge in [-0.3, -0.25) is 0 Å². The first-order chi connectivity index (χ1) is 3.66. The van der Waals surface area contributed by atoms with Gasteiger partial charge in [-0.2, -0.15) is 0 Å². The molecule has 0 aliphatic carbocycles. The van der Waals surface area contributed by atoms with E-state index in [0.29, 0.717) is 0 Å². The minimum Gasteiger partial charge on any atom is -0.449 e. The van der Waals surface area contributed by atoms with Crippen LogP contribution in [0.4, 0.5) is 4.79 Å². The largest absolute Gasteiger partial charge is 0.513 e. The van der Waals surface area contributed by atoms with Crippen molar-refractivity contribution in [2.24, 2.45) is 0 Å². The SMILES string of the molecule is C=CC(=O)OC(=O)O. The Balaban J connectivity index is 3.55. The maximum Gasteiger partial charge on any atom is 0.513 e. The number of ether oxygens (including phenoxy) is 1. The molecule has 44 valence electrons. The molecule has 4 heteroatoms. The normalized spacial score (nSPS) is 7.50. The summed E-state index contributed by atoms with van der Waals surface area (Å²) in [6.45, 7) is 2.98. The smallest absolute Gasteiger partial charge is 0.449 e. The van der Waals surface area contributed by atoms with Crippen LogP contribution in [0.3, 0.4) is 0 Å². The van der Waals surface area contributed by atoms with Crippen molar-refractivity contribution >= 4 is 12.1 Å². The third kappa shape index (κ3) is 2.89. The summed E-state index contributed by atoms with van der Waals surface area (Å²) in [5, 5.41) is 7.72. The van der Waals surface area contributed by atoms with E-state index in [9.17, 15) is 9.59 Å². The molecule has 0 saturated heterocycles. The topological polar surface area (TPSA) is 63.6 Å². The third-order valence-corrected chi connectivity index (χ3v) is 0.355. The second-order valence-electron chi connectivity index (χ2n) is 0.891. The minimum atomic E-state index is -1.62. The molecule has 0 bridgehead atoms. The molecular weight excluding hydrogens is 112 g/mol. The van der Waals surface area contributed by atoms with Crippen LogP contribution in [0, 0.1) is 0 Å². The van der Waals surface area contributed by atoms with Crippen LogP contribution in [-0.2, 0) is 9.53 Å². The Bertz CT molecular complexity index is 126. The molecule has 1 N–H and O–H groups in total. The number of hydrogen-bond acceptors (Lipinski definition) is 3. The maximum absolute atomic E-state index is 9.90. The highest BCUT2D eigenvalue weighted by Gasteiger charge is 2.00. The van der Waals surface area contributed by atoms with Crippen LogP contribution in [0.5, 0.6) is 0 Å². The number of rotatable bonds is 1. The van der Waals surface area contributed by atoms with E-state index < -0.39 is 12.1 Å². The Kier molecular flexibility index (Phi) is 2.33. The Labute approximate surface area is 45.4 Å². The van der Waals surface area contributed by atoms with Gasteiger partial charge in [0.1, 0.15) is 0 Å². The van der Waals surface area contributed by atoms with E-state index in [0.717, 1.165) is 6.08 Å². The molecule has 0 unspecified atom stereocenters. The van der Waals surface area contributed by atoms with Crippen LogP contribution in [0.1, 0.15) is 0 Å². The van der Waals surface area contributed by atoms with Gasteiger partial charge >= 0.3 is 12.1 Å². The van der Waals surface area contributed by atoms with Crippen molar-refractivity contribution in [3.8, 4) is 0 Å². The fourth-order valence-corrected chi connectivity index (χ4v) is 0.128. The minimum absolute atomic E-state index is 0.772. The van der Waals surface area contributed by atoms with Gasteiger partial charge in [-0.15, -0.1) is 0 Å². The van der Waals surface area contributed by atoms with Crippen LogP contribution in [0.2, 0.25) is 0 Å². The Hall–Kier alpha value is -1.32. The molecule has 0 aromatic rings. The van der Waals surface area contributed by atoms with Crippen LogP contribution >= 0.6 is 0 Å². The van der Waals surface area contributed by atoms with E-state index in [2.05, 4.69) is 11.3 Å². The lowest BCUT2D eigenvalue weighted by Crippen LogP contribution is -2.05. The van der Waals surface area contributed by atoms with Gasteiger partial charge in [0.05, 0.1) is 0 Å². The fourth-order valence-electron chi connectivity index (χ4n) is 0.128. The second kappa shape index (κ2) is 2.79. The molecule has 0 heterocycles. The lowest BCUT2D eigenvalue weighted by atomic mass is 10.7. The van der Waals surface area contributed by atoms with Crippen molar-refractivity contribution in [3.63, 3.8) is 0 Å². The lowest BCUT2D eigenvalue weighted by molar-refractivity contribution is -0.133. The molecule has 0 aliphatic rings. The van der Waals surface area contributed by atoms with E-state index in [-0.39, 0.29) is 0 Å². The summed E-state index contributed by atoms with van der Waals surface area (Å²) in [5.74, 6) is -0.961. The van der Waals surface area contributed by atoms with E-state index >= 15 is 0 Å². The molecule has 0 atom stereocenters. The van der Waals surface area contributed by atoms with E-state index in [4.69, 9.17) is 5.11 Å². The van der Waals surface area contributed by atoms with Crippen molar-refractivity contribution in [3.05, 3.63) is 12.7 Å². The first-order valence-electron chi connectivity index (χ1n) is 1.74. The van der Waals surface area contributed by atoms with Gasteiger partial charge in [0.25, 0.3) is 0 Å². The third-order valence-electron chi connectivity index (χ3n) is 0.355. The van der Waals surface area contributed by atoms with E-state index in [1.165, 1.54) is 0 Å². The van der Waals surface area contributed by atoms with Crippen molar-refractivity contribution in [1.29, 1.82) is 0 Å². The molecule has 0 saturated carbocycles. The van der Waals surface area contributed by atoms with Crippen molar-refractivity contribution in [2.45, 2.75) is 0 Å². The molecule has 8 heavy (non-hydrogen) atoms. The van der Waals surface area contributed by atoms with E-state index in [1.807, 2.05) is 0 Å². The van der Waals surface area contributed by atoms with Crippen LogP contribution in [0.25, 0.3) is 0 Å². The predicted molar refractivity (Wildman–Crippen MR) is 24.3 cm³/mol. The van der Waals surface area contributed by atoms with Crippen LogP contribution < -0.4 is 0 Å². The summed E-state index contributed by atoms with van der Waals surface area (Å²) in [6, 6.07) is 0. The molecule has 0 amide bonds. The number of carbonyl (C=O) groups is 2. The summed E-state index contributed by atoms with van der Waals surface area (Å²) in [4.78, 5) is 19.4. The second-order valence-corrected chi connectivity index (χ2v) is 0.891. The molecular formula is C4H4O4. The zero-order valence-corrected chi connectivity index (χ0v) is 3.96. The fraction of sp³-hybridized carbons (Fsp3) is 0. The molecule has 0 rings (SSSR count). The molecule has 0 aliphatic heterocycles. The van der Waals surface area contributed by atoms with Crippen LogP contribution in [0.15, 0.2) is 12.7 Å². The first-order valence-corrected chi connectivity index (χ1v) is 1.74. The van der Waals surface area contributed by atoms with Gasteiger partial charge in [-0.1, -0.05) is 6.58 Å². The molecule has 0 fully saturated rings. The zero-order chi connectivity index (χ0) is 6.57. The molecule has 4 nitrogen and oxygen atoms in total. The monoisotopic (exact) mass is 116 g/mol. The zero-order valence-electron chi connectivity index (χ0n) is 3.96. The first kappa shape index (κ1) is 6.68. The average molecular weight is 116 g/mol. The Morgan fingerprint density at radius 3 is 2.25 bits per heavy atom. The summed E-state index contributed by atoms with van der Waals surface area (Å²) in [6.07, 6.45) is -0.844. The standard InChI is InChI=1S/C4H4O4/c1-2-3(5)8-4(6)7/h2H,1H2,(H,6,7). The quantitative estimate of drug-likeness (QED) is 0.306. The Morgan fingerprint density at radius 1 is 1.62 bits per heavy atom. The molecule has 0 aromatic carbocycles. The highest BCUT2D eigenvalue weighted by atomic mass is 16.7. The number of hydrogen-bond donors (Lipinski definition) is 1. The Morgan fingerprint density at radius 2 is 2.12 bits per heavy atom. The highest BCUT2D eigenvalue weighted by molar-refractivity contribution is 5.88. The van der Waals surface area contributed by atoms with Crippen molar-refractivity contribution in [1.82, 2.24) is 0 Å². The summed E-state index contributed by atoms with van der Waals surface area (Å²) < 4.78 is 3.56. The van der Waals surface area contributed by atoms with Gasteiger partial charge in [0, 0.05) is 6.08 Å². The van der Waals surface area contributed by atoms with Gasteiger partial charge in [0.2, 0.25) is 0 Å². The molecule has 0 radical (unpaired) electrons. The maximum atomic E-state index is 9.90. The van der Waals surface area contributed by atoms with Gasteiger partial charge in [-0.25, -0.2) is 9.59 Å². The lowest BCUT2D eigenvalue weighted by Gasteiger charge is -1.87. The van der Waals surface area contributed by atoms with Gasteiger partial charge < -0.3 is 9.84 Å². The number of esters is 1. The van der Waals surface area contributed by atoms with Crippen molar-refractivity contribution in [2.75, 3.05) is 0 Å². The molecule has 0 spiro atoms. The number of carboxylic acid groups (broad SMARTS) is 1. The van der Waals surface area contributed by atoms with E-state index in [1.54, 1.807) is 0 Å². The van der Waals surface area contributed by atoms with Crippen molar-refractivity contribution < 1.29 is 19.4 Å². The van der Waals surface area contributed by atoms with Gasteiger partial charge in [-0.05, 0) is 0 Å². The van der Waals surface area contributed by atoms with Crippen LogP contribution in [-0.4, -0.2) is 17.2 Å². The molecule has 0 aromatic heterocycles. The average Bonchev–Trinajstić information content (AvgIpc) is 1.65. The summed E-state index contributed by atoms with van der Waals surface area (Å²) >= 11 is 0. The summed E-state index contributed by atoms with van der Waals surface area (Å²) in [5.41, 5.74) is 0. The predicted octanol–water partition coefficient (Wildman–Crippen LogP) is 0.394. The number of carbonyl (C=O) groups excluding carboxylic acids is 1.